The van der Waals surface area contributed by atoms with Gasteiger partial charge < -0.3 is 10.1 Å². The summed E-state index contributed by atoms with van der Waals surface area (Å²) in [5.74, 6) is -0.550. The number of hydrogen-bond donors (Lipinski definition) is 1. The lowest BCUT2D eigenvalue weighted by molar-refractivity contribution is 0.0135. The van der Waals surface area contributed by atoms with Crippen LogP contribution in [-0.2, 0) is 31.2 Å². The maximum Gasteiger partial charge on any atom is 0.272 e. The van der Waals surface area contributed by atoms with Gasteiger partial charge in [-0.05, 0) is 25.3 Å². The highest BCUT2D eigenvalue weighted by Gasteiger charge is 2.31. The van der Waals surface area contributed by atoms with Crippen molar-refractivity contribution >= 4 is 5.91 Å². The molecule has 27 heavy (non-hydrogen) atoms. The Morgan fingerprint density at radius 2 is 2.11 bits per heavy atom. The first-order valence-electron chi connectivity index (χ1n) is 9.51. The van der Waals surface area contributed by atoms with Crippen molar-refractivity contribution < 1.29 is 13.9 Å². The third-order valence-corrected chi connectivity index (χ3v) is 5.60. The number of aryl methyl sites for hydroxylation is 1. The van der Waals surface area contributed by atoms with Crippen LogP contribution in [0.3, 0.4) is 0 Å². The minimum Gasteiger partial charge on any atom is -0.379 e. The van der Waals surface area contributed by atoms with Gasteiger partial charge in [0.25, 0.3) is 5.91 Å². The molecule has 1 atom stereocenters. The van der Waals surface area contributed by atoms with Gasteiger partial charge in [-0.15, -0.1) is 0 Å². The van der Waals surface area contributed by atoms with Gasteiger partial charge in [0.1, 0.15) is 5.82 Å². The van der Waals surface area contributed by atoms with Gasteiger partial charge in [-0.2, -0.15) is 5.10 Å². The van der Waals surface area contributed by atoms with Crippen molar-refractivity contribution in [2.45, 2.75) is 31.8 Å². The Morgan fingerprint density at radius 3 is 2.89 bits per heavy atom. The van der Waals surface area contributed by atoms with E-state index in [0.29, 0.717) is 17.3 Å². The molecular formula is C20H25FN4O2. The fourth-order valence-corrected chi connectivity index (χ4v) is 4.11. The standard InChI is InChI=1S/C20H25FN4O2/c1-24-18-7-6-15(25-8-10-27-11-9-25)12-16(18)19(23-24)20(26)22-13-14-4-2-3-5-17(14)21/h2-5,15H,6-13H2,1H3,(H,22,26). The summed E-state index contributed by atoms with van der Waals surface area (Å²) in [6, 6.07) is 6.90. The zero-order valence-corrected chi connectivity index (χ0v) is 15.6. The van der Waals surface area contributed by atoms with Crippen LogP contribution in [0.4, 0.5) is 4.39 Å². The molecule has 144 valence electrons. The van der Waals surface area contributed by atoms with E-state index >= 15 is 0 Å². The Balaban J connectivity index is 1.49. The minimum atomic E-state index is -0.312. The van der Waals surface area contributed by atoms with E-state index in [-0.39, 0.29) is 18.3 Å². The number of halogens is 1. The predicted molar refractivity (Wildman–Crippen MR) is 99.0 cm³/mol. The highest BCUT2D eigenvalue weighted by atomic mass is 19.1. The van der Waals surface area contributed by atoms with Gasteiger partial charge in [0.15, 0.2) is 5.69 Å². The SMILES string of the molecule is Cn1nc(C(=O)NCc2ccccc2F)c2c1CCC(N1CCOCC1)C2. The average Bonchev–Trinajstić information content (AvgIpc) is 3.04. The molecule has 1 aliphatic heterocycles. The molecule has 4 rings (SSSR count). The lowest BCUT2D eigenvalue weighted by Crippen LogP contribution is -2.46. The summed E-state index contributed by atoms with van der Waals surface area (Å²) >= 11 is 0. The third kappa shape index (κ3) is 3.75. The van der Waals surface area contributed by atoms with Crippen LogP contribution in [0.1, 0.15) is 33.7 Å². The number of aromatic nitrogens is 2. The van der Waals surface area contributed by atoms with Gasteiger partial charge >= 0.3 is 0 Å². The van der Waals surface area contributed by atoms with Crippen LogP contribution in [0.15, 0.2) is 24.3 Å². The molecule has 1 aromatic heterocycles. The monoisotopic (exact) mass is 372 g/mol. The highest BCUT2D eigenvalue weighted by molar-refractivity contribution is 5.94. The quantitative estimate of drug-likeness (QED) is 0.887. The number of benzene rings is 1. The van der Waals surface area contributed by atoms with Crippen molar-refractivity contribution in [1.29, 1.82) is 0 Å². The molecule has 2 heterocycles. The first-order valence-corrected chi connectivity index (χ1v) is 9.51. The average molecular weight is 372 g/mol. The van der Waals surface area contributed by atoms with Crippen LogP contribution in [-0.4, -0.2) is 52.9 Å². The molecule has 1 aromatic carbocycles. The Labute approximate surface area is 158 Å². The van der Waals surface area contributed by atoms with Gasteiger partial charge in [0, 0.05) is 49.5 Å². The van der Waals surface area contributed by atoms with E-state index in [1.807, 2.05) is 11.7 Å². The van der Waals surface area contributed by atoms with Crippen molar-refractivity contribution in [2.75, 3.05) is 26.3 Å². The van der Waals surface area contributed by atoms with E-state index in [9.17, 15) is 9.18 Å². The van der Waals surface area contributed by atoms with Crippen molar-refractivity contribution in [3.8, 4) is 0 Å². The second-order valence-corrected chi connectivity index (χ2v) is 7.22. The molecule has 1 unspecified atom stereocenters. The molecule has 7 heteroatoms. The van der Waals surface area contributed by atoms with Crippen LogP contribution < -0.4 is 5.32 Å². The molecule has 0 spiro atoms. The Morgan fingerprint density at radius 1 is 1.33 bits per heavy atom. The van der Waals surface area contributed by atoms with E-state index < -0.39 is 0 Å². The fourth-order valence-electron chi connectivity index (χ4n) is 4.11. The second kappa shape index (κ2) is 7.78. The molecular weight excluding hydrogens is 347 g/mol. The maximum absolute atomic E-state index is 13.8. The smallest absolute Gasteiger partial charge is 0.272 e. The van der Waals surface area contributed by atoms with E-state index in [1.165, 1.54) is 6.07 Å². The molecule has 2 aromatic rings. The van der Waals surface area contributed by atoms with Crippen LogP contribution in [0.5, 0.6) is 0 Å². The van der Waals surface area contributed by atoms with Crippen molar-refractivity contribution in [2.24, 2.45) is 7.05 Å². The summed E-state index contributed by atoms with van der Waals surface area (Å²) in [5, 5.41) is 7.30. The number of hydrogen-bond acceptors (Lipinski definition) is 4. The van der Waals surface area contributed by atoms with E-state index in [0.717, 1.165) is 56.8 Å². The van der Waals surface area contributed by atoms with Gasteiger partial charge in [-0.1, -0.05) is 18.2 Å². The fraction of sp³-hybridized carbons (Fsp3) is 0.500. The summed E-state index contributed by atoms with van der Waals surface area (Å²) in [7, 11) is 1.89. The number of nitrogens with one attached hydrogen (secondary N) is 1. The minimum absolute atomic E-state index is 0.156. The molecule has 6 nitrogen and oxygen atoms in total. The molecule has 0 bridgehead atoms. The number of fused-ring (bicyclic) bond motifs is 1. The molecule has 2 aliphatic rings. The molecule has 1 N–H and O–H groups in total. The number of amides is 1. The van der Waals surface area contributed by atoms with Crippen molar-refractivity contribution in [1.82, 2.24) is 20.0 Å². The number of rotatable bonds is 4. The summed E-state index contributed by atoms with van der Waals surface area (Å²) in [6.45, 7) is 3.58. The number of morpholine rings is 1. The van der Waals surface area contributed by atoms with Crippen LogP contribution in [0.2, 0.25) is 0 Å². The first kappa shape index (κ1) is 18.1. The molecule has 1 saturated heterocycles. The first-order chi connectivity index (χ1) is 13.1. The van der Waals surface area contributed by atoms with E-state index in [1.54, 1.807) is 18.2 Å². The molecule has 0 radical (unpaired) electrons. The second-order valence-electron chi connectivity index (χ2n) is 7.22. The summed E-state index contributed by atoms with van der Waals surface area (Å²) in [6.07, 6.45) is 2.82. The van der Waals surface area contributed by atoms with Crippen molar-refractivity contribution in [3.63, 3.8) is 0 Å². The highest BCUT2D eigenvalue weighted by Crippen LogP contribution is 2.27. The summed E-state index contributed by atoms with van der Waals surface area (Å²) in [5.41, 5.74) is 3.12. The lowest BCUT2D eigenvalue weighted by atomic mass is 9.90. The van der Waals surface area contributed by atoms with Crippen molar-refractivity contribution in [3.05, 3.63) is 52.6 Å². The van der Waals surface area contributed by atoms with Gasteiger partial charge in [0.2, 0.25) is 0 Å². The molecule has 1 amide bonds. The number of carbonyl (C=O) groups is 1. The third-order valence-electron chi connectivity index (χ3n) is 5.60. The Bertz CT molecular complexity index is 829. The number of nitrogens with zero attached hydrogens (tertiary/aromatic N) is 3. The van der Waals surface area contributed by atoms with Crippen LogP contribution >= 0.6 is 0 Å². The number of ether oxygens (including phenoxy) is 1. The van der Waals surface area contributed by atoms with Crippen LogP contribution in [0.25, 0.3) is 0 Å². The zero-order valence-electron chi connectivity index (χ0n) is 15.6. The Hall–Kier alpha value is -2.25. The number of carbonyl (C=O) groups excluding carboxylic acids is 1. The molecule has 1 fully saturated rings. The summed E-state index contributed by atoms with van der Waals surface area (Å²) in [4.78, 5) is 15.2. The predicted octanol–water partition coefficient (Wildman–Crippen LogP) is 1.68. The van der Waals surface area contributed by atoms with Crippen LogP contribution in [0, 0.1) is 5.82 Å². The lowest BCUT2D eigenvalue weighted by Gasteiger charge is -2.36. The zero-order chi connectivity index (χ0) is 18.8. The van der Waals surface area contributed by atoms with E-state index in [4.69, 9.17) is 4.74 Å². The Kier molecular flexibility index (Phi) is 5.22. The maximum atomic E-state index is 13.8. The van der Waals surface area contributed by atoms with Gasteiger partial charge in [-0.25, -0.2) is 4.39 Å². The summed E-state index contributed by atoms with van der Waals surface area (Å²) < 4.78 is 21.1. The molecule has 0 saturated carbocycles. The largest absolute Gasteiger partial charge is 0.379 e. The van der Waals surface area contributed by atoms with Gasteiger partial charge in [-0.3, -0.25) is 14.4 Å². The van der Waals surface area contributed by atoms with E-state index in [2.05, 4.69) is 15.3 Å². The molecule has 1 aliphatic carbocycles. The topological polar surface area (TPSA) is 59.4 Å². The van der Waals surface area contributed by atoms with Gasteiger partial charge in [0.05, 0.1) is 13.2 Å². The normalized spacial score (nSPS) is 20.3.